The zero-order valence-corrected chi connectivity index (χ0v) is 13.6. The standard InChI is InChI=1S/C14H15Cl2N2O4/c1-3-22-13(20)8-18(2)7-12(19)17(14(18)21)9-4-5-10(15)11(16)6-9/h4-6H,3,7-8H2,1-2H3/q+1. The highest BCUT2D eigenvalue weighted by molar-refractivity contribution is 6.42. The number of nitrogens with zero attached hydrogens (tertiary/aromatic N) is 2. The van der Waals surface area contributed by atoms with Crippen LogP contribution in [0.15, 0.2) is 18.2 Å². The second-order valence-corrected chi connectivity index (χ2v) is 5.94. The van der Waals surface area contributed by atoms with Crippen LogP contribution in [-0.4, -0.2) is 49.1 Å². The largest absolute Gasteiger partial charge is 0.462 e. The number of rotatable bonds is 4. The molecule has 1 aromatic rings. The van der Waals surface area contributed by atoms with Gasteiger partial charge >= 0.3 is 12.0 Å². The Bertz CT molecular complexity index is 650. The number of hydrogen-bond donors (Lipinski definition) is 0. The van der Waals surface area contributed by atoms with Crippen molar-refractivity contribution in [2.24, 2.45) is 0 Å². The summed E-state index contributed by atoms with van der Waals surface area (Å²) in [5.41, 5.74) is 0.329. The SMILES string of the molecule is CCOC(=O)C[N+]1(C)CC(=O)N(c2ccc(Cl)c(Cl)c2)C1=O. The summed E-state index contributed by atoms with van der Waals surface area (Å²) < 4.78 is 4.49. The van der Waals surface area contributed by atoms with Crippen molar-refractivity contribution in [2.45, 2.75) is 6.92 Å². The van der Waals surface area contributed by atoms with Gasteiger partial charge in [-0.05, 0) is 25.1 Å². The maximum absolute atomic E-state index is 12.6. The van der Waals surface area contributed by atoms with E-state index in [9.17, 15) is 14.4 Å². The molecule has 3 amide bonds. The Morgan fingerprint density at radius 2 is 2.00 bits per heavy atom. The summed E-state index contributed by atoms with van der Waals surface area (Å²) >= 11 is 11.8. The summed E-state index contributed by atoms with van der Waals surface area (Å²) in [5, 5.41) is 0.569. The summed E-state index contributed by atoms with van der Waals surface area (Å²) in [6.07, 6.45) is 0. The maximum atomic E-state index is 12.6. The normalized spacial score (nSPS) is 21.4. The van der Waals surface area contributed by atoms with Crippen molar-refractivity contribution in [1.82, 2.24) is 0 Å². The lowest BCUT2D eigenvalue weighted by molar-refractivity contribution is -0.807. The Morgan fingerprint density at radius 3 is 2.59 bits per heavy atom. The van der Waals surface area contributed by atoms with Crippen LogP contribution in [0.2, 0.25) is 10.0 Å². The molecule has 0 bridgehead atoms. The van der Waals surface area contributed by atoms with Gasteiger partial charge in [-0.3, -0.25) is 4.79 Å². The van der Waals surface area contributed by atoms with Crippen LogP contribution >= 0.6 is 23.2 Å². The minimum absolute atomic E-state index is 0.113. The molecule has 0 aromatic heterocycles. The van der Waals surface area contributed by atoms with Crippen LogP contribution in [0.4, 0.5) is 10.5 Å². The zero-order chi connectivity index (χ0) is 16.5. The van der Waals surface area contributed by atoms with E-state index in [1.807, 2.05) is 0 Å². The number of benzene rings is 1. The first-order chi connectivity index (χ1) is 10.3. The molecule has 1 aromatic carbocycles. The van der Waals surface area contributed by atoms with E-state index in [4.69, 9.17) is 27.9 Å². The average molecular weight is 346 g/mol. The lowest BCUT2D eigenvalue weighted by Crippen LogP contribution is -2.51. The molecule has 0 saturated carbocycles. The van der Waals surface area contributed by atoms with E-state index in [1.165, 1.54) is 25.2 Å². The molecule has 2 rings (SSSR count). The van der Waals surface area contributed by atoms with Gasteiger partial charge in [-0.1, -0.05) is 23.2 Å². The van der Waals surface area contributed by atoms with Gasteiger partial charge in [0.05, 0.1) is 29.4 Å². The quantitative estimate of drug-likeness (QED) is 0.477. The Kier molecular flexibility index (Phi) is 4.75. The fourth-order valence-electron chi connectivity index (χ4n) is 2.28. The number of amides is 3. The van der Waals surface area contributed by atoms with Gasteiger partial charge in [0.25, 0.3) is 5.91 Å². The molecule has 1 fully saturated rings. The third-order valence-electron chi connectivity index (χ3n) is 3.33. The van der Waals surface area contributed by atoms with Gasteiger partial charge in [0.1, 0.15) is 0 Å². The molecular formula is C14H15Cl2N2O4+. The van der Waals surface area contributed by atoms with Gasteiger partial charge in [-0.25, -0.2) is 14.1 Å². The topological polar surface area (TPSA) is 63.7 Å². The number of likely N-dealkylation sites (N-methyl/N-ethyl adjacent to an activating group) is 1. The molecular weight excluding hydrogens is 331 g/mol. The van der Waals surface area contributed by atoms with Crippen LogP contribution in [0.1, 0.15) is 6.92 Å². The Morgan fingerprint density at radius 1 is 1.32 bits per heavy atom. The van der Waals surface area contributed by atoms with Crippen LogP contribution < -0.4 is 4.90 Å². The Hall–Kier alpha value is -1.63. The van der Waals surface area contributed by atoms with Crippen LogP contribution in [0.3, 0.4) is 0 Å². The highest BCUT2D eigenvalue weighted by Crippen LogP contribution is 2.31. The monoisotopic (exact) mass is 345 g/mol. The number of anilines is 1. The van der Waals surface area contributed by atoms with Gasteiger partial charge in [-0.15, -0.1) is 0 Å². The number of hydrogen-bond acceptors (Lipinski definition) is 4. The summed E-state index contributed by atoms with van der Waals surface area (Å²) in [4.78, 5) is 37.4. The summed E-state index contributed by atoms with van der Waals surface area (Å²) in [7, 11) is 1.52. The van der Waals surface area contributed by atoms with Gasteiger partial charge in [0, 0.05) is 0 Å². The van der Waals surface area contributed by atoms with E-state index in [-0.39, 0.29) is 29.2 Å². The molecule has 0 N–H and O–H groups in total. The van der Waals surface area contributed by atoms with Crippen molar-refractivity contribution >= 4 is 46.8 Å². The maximum Gasteiger partial charge on any atom is 0.431 e. The van der Waals surface area contributed by atoms with E-state index in [1.54, 1.807) is 6.92 Å². The van der Waals surface area contributed by atoms with Gasteiger partial charge in [0.2, 0.25) is 0 Å². The van der Waals surface area contributed by atoms with E-state index < -0.39 is 17.9 Å². The molecule has 8 heteroatoms. The number of carbonyl (C=O) groups excluding carboxylic acids is 3. The third kappa shape index (κ3) is 3.09. The van der Waals surface area contributed by atoms with E-state index >= 15 is 0 Å². The number of quaternary nitrogens is 1. The molecule has 0 spiro atoms. The average Bonchev–Trinajstić information content (AvgIpc) is 2.63. The summed E-state index contributed by atoms with van der Waals surface area (Å²) in [6, 6.07) is 3.98. The lowest BCUT2D eigenvalue weighted by atomic mass is 10.3. The molecule has 1 saturated heterocycles. The van der Waals surface area contributed by atoms with Gasteiger partial charge in [0.15, 0.2) is 13.1 Å². The van der Waals surface area contributed by atoms with Crippen LogP contribution in [0.5, 0.6) is 0 Å². The molecule has 1 heterocycles. The zero-order valence-electron chi connectivity index (χ0n) is 12.1. The molecule has 1 unspecified atom stereocenters. The van der Waals surface area contributed by atoms with Crippen LogP contribution in [0.25, 0.3) is 0 Å². The van der Waals surface area contributed by atoms with Gasteiger partial charge < -0.3 is 4.74 Å². The van der Waals surface area contributed by atoms with E-state index in [0.29, 0.717) is 10.7 Å². The molecule has 22 heavy (non-hydrogen) atoms. The number of halogens is 2. The van der Waals surface area contributed by atoms with Crippen molar-refractivity contribution in [2.75, 3.05) is 31.6 Å². The molecule has 1 aliphatic rings. The lowest BCUT2D eigenvalue weighted by Gasteiger charge is -2.23. The van der Waals surface area contributed by atoms with Crippen molar-refractivity contribution in [3.63, 3.8) is 0 Å². The molecule has 6 nitrogen and oxygen atoms in total. The highest BCUT2D eigenvalue weighted by atomic mass is 35.5. The second-order valence-electron chi connectivity index (χ2n) is 5.13. The first-order valence-corrected chi connectivity index (χ1v) is 7.37. The molecule has 0 radical (unpaired) electrons. The summed E-state index contributed by atoms with van der Waals surface area (Å²) in [5.74, 6) is -0.933. The number of carbonyl (C=O) groups is 3. The first-order valence-electron chi connectivity index (χ1n) is 6.61. The highest BCUT2D eigenvalue weighted by Gasteiger charge is 2.51. The van der Waals surface area contributed by atoms with Crippen molar-refractivity contribution in [3.05, 3.63) is 28.2 Å². The second kappa shape index (κ2) is 6.24. The van der Waals surface area contributed by atoms with E-state index in [2.05, 4.69) is 0 Å². The van der Waals surface area contributed by atoms with Crippen LogP contribution in [-0.2, 0) is 14.3 Å². The Labute approximate surface area is 137 Å². The van der Waals surface area contributed by atoms with Crippen molar-refractivity contribution in [3.8, 4) is 0 Å². The third-order valence-corrected chi connectivity index (χ3v) is 4.07. The smallest absolute Gasteiger partial charge is 0.431 e. The number of urea groups is 1. The van der Waals surface area contributed by atoms with E-state index in [0.717, 1.165) is 4.90 Å². The fraction of sp³-hybridized carbons (Fsp3) is 0.357. The molecule has 1 aliphatic heterocycles. The van der Waals surface area contributed by atoms with Crippen LogP contribution in [0, 0.1) is 0 Å². The number of ether oxygens (including phenoxy) is 1. The van der Waals surface area contributed by atoms with Crippen molar-refractivity contribution in [1.29, 1.82) is 0 Å². The minimum Gasteiger partial charge on any atom is -0.462 e. The fourth-order valence-corrected chi connectivity index (χ4v) is 2.57. The van der Waals surface area contributed by atoms with Crippen molar-refractivity contribution < 1.29 is 23.6 Å². The first kappa shape index (κ1) is 16.7. The summed E-state index contributed by atoms with van der Waals surface area (Å²) in [6.45, 7) is 1.59. The predicted molar refractivity (Wildman–Crippen MR) is 81.9 cm³/mol. The predicted octanol–water partition coefficient (Wildman–Crippen LogP) is 2.47. The Balaban J connectivity index is 2.28. The molecule has 1 atom stereocenters. The molecule has 118 valence electrons. The minimum atomic E-state index is -0.526. The molecule has 0 aliphatic carbocycles. The number of imide groups is 1. The van der Waals surface area contributed by atoms with Gasteiger partial charge in [-0.2, -0.15) is 4.90 Å². The number of esters is 1.